The Hall–Kier alpha value is -1.76. The van der Waals surface area contributed by atoms with Crippen LogP contribution in [0.3, 0.4) is 0 Å². The third-order valence-electron chi connectivity index (χ3n) is 3.45. The molecular weight excluding hydrogens is 518 g/mol. The van der Waals surface area contributed by atoms with Crippen LogP contribution in [-0.2, 0) is 13.1 Å². The molecule has 0 radical (unpaired) electrons. The number of nitrogens with one attached hydrogen (secondary N) is 2. The molecule has 0 aliphatic rings. The van der Waals surface area contributed by atoms with Gasteiger partial charge < -0.3 is 20.3 Å². The predicted molar refractivity (Wildman–Crippen MR) is 122 cm³/mol. The maximum Gasteiger partial charge on any atom is 0.422 e. The van der Waals surface area contributed by atoms with Crippen molar-refractivity contribution in [3.05, 3.63) is 40.9 Å². The summed E-state index contributed by atoms with van der Waals surface area (Å²) in [6.45, 7) is 2.30. The summed E-state index contributed by atoms with van der Waals surface area (Å²) in [6.07, 6.45) is -4.35. The highest BCUT2D eigenvalue weighted by Gasteiger charge is 2.28. The second kappa shape index (κ2) is 12.1. The van der Waals surface area contributed by atoms with E-state index in [-0.39, 0.29) is 29.7 Å². The summed E-state index contributed by atoms with van der Waals surface area (Å²) in [4.78, 5) is 11.0. The van der Waals surface area contributed by atoms with Crippen molar-refractivity contribution in [1.82, 2.24) is 15.6 Å². The van der Waals surface area contributed by atoms with Gasteiger partial charge in [0, 0.05) is 26.0 Å². The number of guanidine groups is 1. The van der Waals surface area contributed by atoms with Crippen molar-refractivity contribution < 1.29 is 17.9 Å². The average Bonchev–Trinajstić information content (AvgIpc) is 3.12. The van der Waals surface area contributed by atoms with E-state index in [1.54, 1.807) is 23.5 Å². The fourth-order valence-corrected chi connectivity index (χ4v) is 2.88. The lowest BCUT2D eigenvalue weighted by Gasteiger charge is -2.11. The zero-order chi connectivity index (χ0) is 20.6. The van der Waals surface area contributed by atoms with Crippen LogP contribution in [0.15, 0.2) is 34.6 Å². The van der Waals surface area contributed by atoms with E-state index < -0.39 is 12.8 Å². The van der Waals surface area contributed by atoms with Gasteiger partial charge in [-0.25, -0.2) is 9.98 Å². The number of benzene rings is 1. The van der Waals surface area contributed by atoms with Crippen LogP contribution < -0.4 is 20.3 Å². The van der Waals surface area contributed by atoms with E-state index in [2.05, 4.69) is 20.6 Å². The predicted octanol–water partition coefficient (Wildman–Crippen LogP) is 4.02. The number of hydrogen-bond donors (Lipinski definition) is 2. The maximum absolute atomic E-state index is 12.2. The average molecular weight is 543 g/mol. The number of aliphatic imine (C=N–C) groups is 1. The minimum atomic E-state index is -4.35. The van der Waals surface area contributed by atoms with Crippen molar-refractivity contribution in [1.29, 1.82) is 0 Å². The first-order valence-electron chi connectivity index (χ1n) is 8.69. The summed E-state index contributed by atoms with van der Waals surface area (Å²) in [5.74, 6) is 0.814. The topological polar surface area (TPSA) is 61.8 Å². The lowest BCUT2D eigenvalue weighted by atomic mass is 10.2. The van der Waals surface area contributed by atoms with E-state index in [0.717, 1.165) is 16.4 Å². The Kier molecular flexibility index (Phi) is 10.5. The number of halogens is 4. The second-order valence-electron chi connectivity index (χ2n) is 6.11. The zero-order valence-electron chi connectivity index (χ0n) is 16.4. The molecule has 11 heteroatoms. The third kappa shape index (κ3) is 9.52. The Morgan fingerprint density at radius 3 is 2.45 bits per heavy atom. The molecule has 0 atom stereocenters. The molecule has 0 saturated heterocycles. The molecule has 0 bridgehead atoms. The van der Waals surface area contributed by atoms with Crippen LogP contribution in [0.1, 0.15) is 18.2 Å². The Morgan fingerprint density at radius 1 is 1.21 bits per heavy atom. The summed E-state index contributed by atoms with van der Waals surface area (Å²) >= 11 is 1.57. The van der Waals surface area contributed by atoms with Gasteiger partial charge in [-0.3, -0.25) is 0 Å². The maximum atomic E-state index is 12.2. The van der Waals surface area contributed by atoms with E-state index >= 15 is 0 Å². The van der Waals surface area contributed by atoms with E-state index in [0.29, 0.717) is 25.6 Å². The fourth-order valence-electron chi connectivity index (χ4n) is 2.13. The van der Waals surface area contributed by atoms with Gasteiger partial charge in [-0.05, 0) is 24.6 Å². The molecule has 1 aromatic heterocycles. The van der Waals surface area contributed by atoms with Crippen molar-refractivity contribution in [3.8, 4) is 5.75 Å². The standard InChI is InChI=1S/C18H24F3N5OS.HI/c1-4-22-16(24-10-14-11-28-17(25-14)26(2)3)23-9-13-5-7-15(8-6-13)27-12-18(19,20)21;/h5-8,11H,4,9-10,12H2,1-3H3,(H2,22,23,24);1H. The van der Waals surface area contributed by atoms with Crippen molar-refractivity contribution >= 4 is 46.4 Å². The van der Waals surface area contributed by atoms with Gasteiger partial charge in [0.15, 0.2) is 17.7 Å². The van der Waals surface area contributed by atoms with Gasteiger partial charge in [-0.1, -0.05) is 12.1 Å². The molecule has 2 rings (SSSR count). The van der Waals surface area contributed by atoms with Gasteiger partial charge in [0.25, 0.3) is 0 Å². The Morgan fingerprint density at radius 2 is 1.90 bits per heavy atom. The number of anilines is 1. The molecule has 0 unspecified atom stereocenters. The number of nitrogens with zero attached hydrogens (tertiary/aromatic N) is 3. The van der Waals surface area contributed by atoms with E-state index in [9.17, 15) is 13.2 Å². The van der Waals surface area contributed by atoms with Crippen LogP contribution in [0.25, 0.3) is 0 Å². The molecule has 0 aliphatic carbocycles. The van der Waals surface area contributed by atoms with Gasteiger partial charge in [0.05, 0.1) is 18.8 Å². The lowest BCUT2D eigenvalue weighted by Crippen LogP contribution is -2.36. The summed E-state index contributed by atoms with van der Waals surface area (Å²) < 4.78 is 41.2. The van der Waals surface area contributed by atoms with Gasteiger partial charge in [-0.2, -0.15) is 13.2 Å². The highest BCUT2D eigenvalue weighted by molar-refractivity contribution is 14.0. The minimum absolute atomic E-state index is 0. The smallest absolute Gasteiger partial charge is 0.422 e. The number of aromatic nitrogens is 1. The molecule has 0 fully saturated rings. The number of ether oxygens (including phenoxy) is 1. The van der Waals surface area contributed by atoms with Gasteiger partial charge in [0.1, 0.15) is 5.75 Å². The number of thiazole rings is 1. The van der Waals surface area contributed by atoms with Crippen molar-refractivity contribution in [2.45, 2.75) is 26.2 Å². The quantitative estimate of drug-likeness (QED) is 0.299. The highest BCUT2D eigenvalue weighted by Crippen LogP contribution is 2.19. The SMILES string of the molecule is CCNC(=NCc1ccc(OCC(F)(F)F)cc1)NCc1csc(N(C)C)n1.I. The van der Waals surface area contributed by atoms with Crippen molar-refractivity contribution in [2.24, 2.45) is 4.99 Å². The molecule has 6 nitrogen and oxygen atoms in total. The largest absolute Gasteiger partial charge is 0.484 e. The number of rotatable bonds is 8. The first-order valence-corrected chi connectivity index (χ1v) is 9.57. The zero-order valence-corrected chi connectivity index (χ0v) is 19.6. The molecule has 2 aromatic rings. The number of alkyl halides is 3. The Labute approximate surface area is 189 Å². The molecule has 1 heterocycles. The normalized spacial score (nSPS) is 11.6. The van der Waals surface area contributed by atoms with Crippen LogP contribution in [0.2, 0.25) is 0 Å². The lowest BCUT2D eigenvalue weighted by molar-refractivity contribution is -0.153. The summed E-state index contributed by atoms with van der Waals surface area (Å²) in [7, 11) is 3.89. The van der Waals surface area contributed by atoms with Crippen LogP contribution in [0.5, 0.6) is 5.75 Å². The summed E-state index contributed by atoms with van der Waals surface area (Å²) in [5, 5.41) is 9.31. The van der Waals surface area contributed by atoms with E-state index in [1.165, 1.54) is 12.1 Å². The van der Waals surface area contributed by atoms with Crippen LogP contribution in [0.4, 0.5) is 18.3 Å². The molecule has 0 amide bonds. The number of hydrogen-bond acceptors (Lipinski definition) is 5. The molecule has 1 aromatic carbocycles. The molecule has 29 heavy (non-hydrogen) atoms. The van der Waals surface area contributed by atoms with E-state index in [4.69, 9.17) is 4.74 Å². The van der Waals surface area contributed by atoms with Crippen molar-refractivity contribution in [2.75, 3.05) is 32.1 Å². The first kappa shape index (κ1) is 25.3. The third-order valence-corrected chi connectivity index (χ3v) is 4.51. The van der Waals surface area contributed by atoms with Crippen LogP contribution >= 0.6 is 35.3 Å². The van der Waals surface area contributed by atoms with Crippen molar-refractivity contribution in [3.63, 3.8) is 0 Å². The Balaban J connectivity index is 0.00000420. The molecule has 2 N–H and O–H groups in total. The van der Waals surface area contributed by atoms with Gasteiger partial charge >= 0.3 is 6.18 Å². The highest BCUT2D eigenvalue weighted by atomic mass is 127. The minimum Gasteiger partial charge on any atom is -0.484 e. The molecule has 0 saturated carbocycles. The molecule has 0 aliphatic heterocycles. The molecule has 162 valence electrons. The second-order valence-corrected chi connectivity index (χ2v) is 6.95. The van der Waals surface area contributed by atoms with Crippen LogP contribution in [-0.4, -0.2) is 44.4 Å². The first-order chi connectivity index (χ1) is 13.3. The van der Waals surface area contributed by atoms with Gasteiger partial charge in [0.2, 0.25) is 0 Å². The van der Waals surface area contributed by atoms with Crippen LogP contribution in [0, 0.1) is 0 Å². The summed E-state index contributed by atoms with van der Waals surface area (Å²) in [5.41, 5.74) is 1.78. The molecular formula is C18H25F3IN5OS. The Bertz CT molecular complexity index is 766. The van der Waals surface area contributed by atoms with Gasteiger partial charge in [-0.15, -0.1) is 35.3 Å². The summed E-state index contributed by atoms with van der Waals surface area (Å²) in [6, 6.07) is 6.41. The fraction of sp³-hybridized carbons (Fsp3) is 0.444. The molecule has 0 spiro atoms. The monoisotopic (exact) mass is 543 g/mol. The van der Waals surface area contributed by atoms with E-state index in [1.807, 2.05) is 31.3 Å².